The van der Waals surface area contributed by atoms with Gasteiger partial charge in [0.1, 0.15) is 12.2 Å². The Bertz CT molecular complexity index is 760. The lowest BCUT2D eigenvalue weighted by molar-refractivity contribution is -0.119. The van der Waals surface area contributed by atoms with Crippen LogP contribution in [-0.2, 0) is 14.3 Å². The van der Waals surface area contributed by atoms with E-state index in [9.17, 15) is 14.4 Å². The Balaban J connectivity index is 1.85. The highest BCUT2D eigenvalue weighted by atomic mass is 16.6. The Morgan fingerprint density at radius 2 is 1.74 bits per heavy atom. The van der Waals surface area contributed by atoms with Crippen LogP contribution in [0.5, 0.6) is 0 Å². The number of amides is 4. The molecule has 1 aliphatic heterocycles. The number of carbonyl (C=O) groups excluding carboxylic acids is 3. The zero-order chi connectivity index (χ0) is 23.0. The summed E-state index contributed by atoms with van der Waals surface area (Å²) in [5, 5.41) is 5.59. The van der Waals surface area contributed by atoms with Gasteiger partial charge in [0.15, 0.2) is 0 Å². The second-order valence-corrected chi connectivity index (χ2v) is 8.80. The van der Waals surface area contributed by atoms with Crippen LogP contribution >= 0.6 is 0 Å². The number of methoxy groups -OCH3 is 1. The van der Waals surface area contributed by atoms with E-state index in [0.29, 0.717) is 31.0 Å². The van der Waals surface area contributed by atoms with Crippen molar-refractivity contribution >= 4 is 29.4 Å². The average Bonchev–Trinajstić information content (AvgIpc) is 2.68. The first-order valence-corrected chi connectivity index (χ1v) is 10.5. The summed E-state index contributed by atoms with van der Waals surface area (Å²) in [5.74, 6) is -0.0506. The van der Waals surface area contributed by atoms with Crippen molar-refractivity contribution in [1.29, 1.82) is 0 Å². The van der Waals surface area contributed by atoms with Gasteiger partial charge in [0.2, 0.25) is 5.91 Å². The molecule has 0 aliphatic carbocycles. The van der Waals surface area contributed by atoms with Crippen LogP contribution < -0.4 is 10.6 Å². The lowest BCUT2D eigenvalue weighted by Crippen LogP contribution is -2.46. The average molecular weight is 435 g/mol. The van der Waals surface area contributed by atoms with E-state index < -0.39 is 5.60 Å². The minimum atomic E-state index is -0.536. The van der Waals surface area contributed by atoms with E-state index in [1.165, 1.54) is 7.11 Å². The highest BCUT2D eigenvalue weighted by Crippen LogP contribution is 2.20. The van der Waals surface area contributed by atoms with Crippen LogP contribution in [-0.4, -0.2) is 73.8 Å². The van der Waals surface area contributed by atoms with Gasteiger partial charge in [-0.15, -0.1) is 0 Å². The van der Waals surface area contributed by atoms with E-state index in [-0.39, 0.29) is 30.6 Å². The standard InChI is InChI=1S/C22H34N4O5/c1-22(2,3)31-21(29)25(4)13-16-7-6-12-26(14-16)20(28)24-18-10-8-17(9-11-18)23-19(27)15-30-5/h8-11,16H,6-7,12-15H2,1-5H3,(H,23,27)(H,24,28). The summed E-state index contributed by atoms with van der Waals surface area (Å²) in [6, 6.07) is 6.73. The molecule has 9 nitrogen and oxygen atoms in total. The van der Waals surface area contributed by atoms with Crippen LogP contribution in [0.4, 0.5) is 21.0 Å². The summed E-state index contributed by atoms with van der Waals surface area (Å²) in [4.78, 5) is 39.8. The monoisotopic (exact) mass is 434 g/mol. The zero-order valence-electron chi connectivity index (χ0n) is 19.1. The molecular formula is C22H34N4O5. The first-order valence-electron chi connectivity index (χ1n) is 10.5. The predicted molar refractivity (Wildman–Crippen MR) is 119 cm³/mol. The number of rotatable bonds is 6. The summed E-state index contributed by atoms with van der Waals surface area (Å²) >= 11 is 0. The van der Waals surface area contributed by atoms with Crippen LogP contribution in [0.1, 0.15) is 33.6 Å². The molecule has 1 heterocycles. The normalized spacial score (nSPS) is 16.4. The van der Waals surface area contributed by atoms with E-state index in [1.807, 2.05) is 20.8 Å². The quantitative estimate of drug-likeness (QED) is 0.715. The summed E-state index contributed by atoms with van der Waals surface area (Å²) in [5.41, 5.74) is 0.734. The van der Waals surface area contributed by atoms with Crippen molar-refractivity contribution in [3.05, 3.63) is 24.3 Å². The fourth-order valence-corrected chi connectivity index (χ4v) is 3.37. The molecule has 172 valence electrons. The third-order valence-corrected chi connectivity index (χ3v) is 4.74. The number of nitrogens with one attached hydrogen (secondary N) is 2. The lowest BCUT2D eigenvalue weighted by Gasteiger charge is -2.35. The topological polar surface area (TPSA) is 100 Å². The molecule has 0 saturated carbocycles. The van der Waals surface area contributed by atoms with Crippen molar-refractivity contribution in [2.75, 3.05) is 51.0 Å². The molecule has 1 fully saturated rings. The highest BCUT2D eigenvalue weighted by molar-refractivity contribution is 5.93. The Morgan fingerprint density at radius 1 is 1.13 bits per heavy atom. The first kappa shape index (κ1) is 24.5. The van der Waals surface area contributed by atoms with Crippen LogP contribution in [0.15, 0.2) is 24.3 Å². The molecule has 1 atom stereocenters. The third kappa shape index (κ3) is 8.45. The molecule has 4 amide bonds. The zero-order valence-corrected chi connectivity index (χ0v) is 19.1. The largest absolute Gasteiger partial charge is 0.444 e. The van der Waals surface area contributed by atoms with Crippen LogP contribution in [0.3, 0.4) is 0 Å². The second kappa shape index (κ2) is 11.0. The van der Waals surface area contributed by atoms with Crippen molar-refractivity contribution in [3.8, 4) is 0 Å². The van der Waals surface area contributed by atoms with Crippen LogP contribution in [0.2, 0.25) is 0 Å². The Hall–Kier alpha value is -2.81. The Labute approximate surface area is 184 Å². The fourth-order valence-electron chi connectivity index (χ4n) is 3.37. The molecule has 0 bridgehead atoms. The molecule has 1 aromatic rings. The number of nitrogens with zero attached hydrogens (tertiary/aromatic N) is 2. The van der Waals surface area contributed by atoms with E-state index in [1.54, 1.807) is 41.1 Å². The molecule has 0 radical (unpaired) electrons. The van der Waals surface area contributed by atoms with Gasteiger partial charge in [-0.25, -0.2) is 9.59 Å². The first-order chi connectivity index (χ1) is 14.6. The summed E-state index contributed by atoms with van der Waals surface area (Å²) in [7, 11) is 3.18. The Kier molecular flexibility index (Phi) is 8.67. The van der Waals surface area contributed by atoms with Gasteiger partial charge < -0.3 is 29.9 Å². The molecule has 1 saturated heterocycles. The molecule has 0 aromatic heterocycles. The van der Waals surface area contributed by atoms with Gasteiger partial charge in [0, 0.05) is 45.2 Å². The minimum absolute atomic E-state index is 0.0161. The van der Waals surface area contributed by atoms with Gasteiger partial charge in [-0.3, -0.25) is 4.79 Å². The number of urea groups is 1. The van der Waals surface area contributed by atoms with Gasteiger partial charge in [-0.05, 0) is 63.8 Å². The summed E-state index contributed by atoms with van der Waals surface area (Å²) in [6.07, 6.45) is 1.48. The number of ether oxygens (including phenoxy) is 2. The van der Waals surface area contributed by atoms with Crippen molar-refractivity contribution in [1.82, 2.24) is 9.80 Å². The third-order valence-electron chi connectivity index (χ3n) is 4.74. The molecular weight excluding hydrogens is 400 g/mol. The molecule has 1 aliphatic rings. The van der Waals surface area contributed by atoms with Gasteiger partial charge in [0.05, 0.1) is 0 Å². The van der Waals surface area contributed by atoms with Crippen molar-refractivity contribution in [2.24, 2.45) is 5.92 Å². The smallest absolute Gasteiger partial charge is 0.410 e. The second-order valence-electron chi connectivity index (χ2n) is 8.80. The highest BCUT2D eigenvalue weighted by Gasteiger charge is 2.27. The summed E-state index contributed by atoms with van der Waals surface area (Å²) in [6.45, 7) is 7.28. The van der Waals surface area contributed by atoms with E-state index in [2.05, 4.69) is 10.6 Å². The molecule has 1 unspecified atom stereocenters. The van der Waals surface area contributed by atoms with E-state index >= 15 is 0 Å². The summed E-state index contributed by atoms with van der Waals surface area (Å²) < 4.78 is 10.2. The van der Waals surface area contributed by atoms with Crippen LogP contribution in [0, 0.1) is 5.92 Å². The van der Waals surface area contributed by atoms with Crippen molar-refractivity contribution in [3.63, 3.8) is 0 Å². The molecule has 31 heavy (non-hydrogen) atoms. The number of benzene rings is 1. The number of anilines is 2. The maximum Gasteiger partial charge on any atom is 0.410 e. The Morgan fingerprint density at radius 3 is 2.32 bits per heavy atom. The number of piperidine rings is 1. The number of likely N-dealkylation sites (tertiary alicyclic amines) is 1. The van der Waals surface area contributed by atoms with Gasteiger partial charge in [-0.2, -0.15) is 0 Å². The molecule has 2 rings (SSSR count). The van der Waals surface area contributed by atoms with Gasteiger partial charge in [0.25, 0.3) is 0 Å². The number of carbonyl (C=O) groups is 3. The SMILES string of the molecule is COCC(=O)Nc1ccc(NC(=O)N2CCCC(CN(C)C(=O)OC(C)(C)C)C2)cc1. The minimum Gasteiger partial charge on any atom is -0.444 e. The van der Waals surface area contributed by atoms with E-state index in [4.69, 9.17) is 9.47 Å². The van der Waals surface area contributed by atoms with Crippen LogP contribution in [0.25, 0.3) is 0 Å². The molecule has 1 aromatic carbocycles. The maximum absolute atomic E-state index is 12.7. The van der Waals surface area contributed by atoms with Gasteiger partial charge in [-0.1, -0.05) is 0 Å². The number of hydrogen-bond acceptors (Lipinski definition) is 5. The lowest BCUT2D eigenvalue weighted by atomic mass is 9.98. The predicted octanol–water partition coefficient (Wildman–Crippen LogP) is 3.38. The fraction of sp³-hybridized carbons (Fsp3) is 0.591. The van der Waals surface area contributed by atoms with Gasteiger partial charge >= 0.3 is 12.1 Å². The van der Waals surface area contributed by atoms with E-state index in [0.717, 1.165) is 12.8 Å². The van der Waals surface area contributed by atoms with Crippen molar-refractivity contribution < 1.29 is 23.9 Å². The molecule has 9 heteroatoms. The molecule has 0 spiro atoms. The number of hydrogen-bond donors (Lipinski definition) is 2. The molecule has 2 N–H and O–H groups in total. The maximum atomic E-state index is 12.7. The van der Waals surface area contributed by atoms with Crippen molar-refractivity contribution in [2.45, 2.75) is 39.2 Å².